The van der Waals surface area contributed by atoms with E-state index in [1.165, 1.54) is 62.1 Å². The van der Waals surface area contributed by atoms with Crippen LogP contribution in [0.3, 0.4) is 0 Å². The van der Waals surface area contributed by atoms with Gasteiger partial charge in [0.15, 0.2) is 0 Å². The Bertz CT molecular complexity index is 365. The SMILES string of the molecule is Cc1ccc(C)c(NCCN2CCCCCC2)c1. The third-order valence-electron chi connectivity index (χ3n) is 3.84. The van der Waals surface area contributed by atoms with Gasteiger partial charge in [-0.25, -0.2) is 0 Å². The minimum absolute atomic E-state index is 1.06. The molecule has 0 atom stereocenters. The lowest BCUT2D eigenvalue weighted by atomic mass is 10.1. The monoisotopic (exact) mass is 246 g/mol. The summed E-state index contributed by atoms with van der Waals surface area (Å²) >= 11 is 0. The van der Waals surface area contributed by atoms with E-state index in [1.54, 1.807) is 0 Å². The zero-order valence-corrected chi connectivity index (χ0v) is 11.8. The fourth-order valence-corrected chi connectivity index (χ4v) is 2.63. The third kappa shape index (κ3) is 4.02. The van der Waals surface area contributed by atoms with Gasteiger partial charge < -0.3 is 10.2 Å². The predicted octanol–water partition coefficient (Wildman–Crippen LogP) is 3.59. The van der Waals surface area contributed by atoms with Crippen molar-refractivity contribution in [1.29, 1.82) is 0 Å². The van der Waals surface area contributed by atoms with Gasteiger partial charge in [0.1, 0.15) is 0 Å². The Morgan fingerprint density at radius 2 is 1.78 bits per heavy atom. The maximum absolute atomic E-state index is 3.58. The van der Waals surface area contributed by atoms with Crippen LogP contribution in [0.5, 0.6) is 0 Å². The van der Waals surface area contributed by atoms with Gasteiger partial charge in [0.25, 0.3) is 0 Å². The third-order valence-corrected chi connectivity index (χ3v) is 3.84. The number of likely N-dealkylation sites (tertiary alicyclic amines) is 1. The molecule has 1 aromatic rings. The number of rotatable bonds is 4. The van der Waals surface area contributed by atoms with Gasteiger partial charge in [0, 0.05) is 18.8 Å². The van der Waals surface area contributed by atoms with E-state index < -0.39 is 0 Å². The Labute approximate surface area is 111 Å². The second-order valence-corrected chi connectivity index (χ2v) is 5.50. The van der Waals surface area contributed by atoms with E-state index in [4.69, 9.17) is 0 Å². The van der Waals surface area contributed by atoms with E-state index in [-0.39, 0.29) is 0 Å². The summed E-state index contributed by atoms with van der Waals surface area (Å²) in [7, 11) is 0. The van der Waals surface area contributed by atoms with Crippen molar-refractivity contribution in [3.8, 4) is 0 Å². The Kier molecular flexibility index (Phi) is 5.06. The Hall–Kier alpha value is -1.02. The average molecular weight is 246 g/mol. The van der Waals surface area contributed by atoms with E-state index in [2.05, 4.69) is 42.3 Å². The van der Waals surface area contributed by atoms with Gasteiger partial charge in [-0.05, 0) is 57.0 Å². The van der Waals surface area contributed by atoms with Gasteiger partial charge >= 0.3 is 0 Å². The van der Waals surface area contributed by atoms with Crippen LogP contribution in [-0.4, -0.2) is 31.1 Å². The van der Waals surface area contributed by atoms with Crippen molar-refractivity contribution >= 4 is 5.69 Å². The molecule has 1 aliphatic heterocycles. The van der Waals surface area contributed by atoms with Crippen LogP contribution in [0.1, 0.15) is 36.8 Å². The molecular formula is C16H26N2. The average Bonchev–Trinajstić information content (AvgIpc) is 2.62. The molecule has 2 rings (SSSR count). The fraction of sp³-hybridized carbons (Fsp3) is 0.625. The first-order chi connectivity index (χ1) is 8.75. The van der Waals surface area contributed by atoms with Crippen LogP contribution in [0.4, 0.5) is 5.69 Å². The lowest BCUT2D eigenvalue weighted by Crippen LogP contribution is -2.30. The summed E-state index contributed by atoms with van der Waals surface area (Å²) in [6.07, 6.45) is 5.59. The number of anilines is 1. The zero-order valence-electron chi connectivity index (χ0n) is 11.8. The molecule has 0 aromatic heterocycles. The molecule has 18 heavy (non-hydrogen) atoms. The molecule has 1 heterocycles. The number of aryl methyl sites for hydroxylation is 2. The molecule has 1 aromatic carbocycles. The van der Waals surface area contributed by atoms with Crippen LogP contribution in [0.2, 0.25) is 0 Å². The summed E-state index contributed by atoms with van der Waals surface area (Å²) in [6.45, 7) is 9.13. The molecule has 2 nitrogen and oxygen atoms in total. The summed E-state index contributed by atoms with van der Waals surface area (Å²) in [5.74, 6) is 0. The first-order valence-electron chi connectivity index (χ1n) is 7.29. The first-order valence-corrected chi connectivity index (χ1v) is 7.29. The van der Waals surface area contributed by atoms with Crippen LogP contribution in [0.25, 0.3) is 0 Å². The molecule has 100 valence electrons. The standard InChI is InChI=1S/C16H26N2/c1-14-7-8-15(2)16(13-14)17-9-12-18-10-5-3-4-6-11-18/h7-8,13,17H,3-6,9-12H2,1-2H3. The quantitative estimate of drug-likeness (QED) is 0.873. The summed E-state index contributed by atoms with van der Waals surface area (Å²) in [5.41, 5.74) is 3.97. The highest BCUT2D eigenvalue weighted by Gasteiger charge is 2.08. The molecule has 0 aliphatic carbocycles. The Balaban J connectivity index is 1.78. The predicted molar refractivity (Wildman–Crippen MR) is 79.3 cm³/mol. The van der Waals surface area contributed by atoms with Crippen molar-refractivity contribution in [2.24, 2.45) is 0 Å². The minimum Gasteiger partial charge on any atom is -0.384 e. The van der Waals surface area contributed by atoms with Gasteiger partial charge in [0.05, 0.1) is 0 Å². The van der Waals surface area contributed by atoms with Gasteiger partial charge in [0.2, 0.25) is 0 Å². The van der Waals surface area contributed by atoms with Gasteiger partial charge in [-0.3, -0.25) is 0 Å². The normalized spacial score (nSPS) is 17.4. The molecule has 0 saturated carbocycles. The summed E-state index contributed by atoms with van der Waals surface area (Å²) in [4.78, 5) is 2.60. The smallest absolute Gasteiger partial charge is 0.0372 e. The van der Waals surface area contributed by atoms with Gasteiger partial charge in [-0.2, -0.15) is 0 Å². The number of hydrogen-bond acceptors (Lipinski definition) is 2. The van der Waals surface area contributed by atoms with Crippen molar-refractivity contribution in [2.75, 3.05) is 31.5 Å². The number of benzene rings is 1. The highest BCUT2D eigenvalue weighted by molar-refractivity contribution is 5.52. The Morgan fingerprint density at radius 1 is 1.06 bits per heavy atom. The van der Waals surface area contributed by atoms with E-state index >= 15 is 0 Å². The molecule has 1 N–H and O–H groups in total. The van der Waals surface area contributed by atoms with Gasteiger partial charge in [-0.1, -0.05) is 25.0 Å². The maximum atomic E-state index is 3.58. The second-order valence-electron chi connectivity index (χ2n) is 5.50. The number of hydrogen-bond donors (Lipinski definition) is 1. The van der Waals surface area contributed by atoms with Crippen molar-refractivity contribution in [2.45, 2.75) is 39.5 Å². The topological polar surface area (TPSA) is 15.3 Å². The highest BCUT2D eigenvalue weighted by atomic mass is 15.1. The lowest BCUT2D eigenvalue weighted by Gasteiger charge is -2.20. The minimum atomic E-state index is 1.06. The lowest BCUT2D eigenvalue weighted by molar-refractivity contribution is 0.296. The molecule has 0 amide bonds. The molecule has 2 heteroatoms. The Morgan fingerprint density at radius 3 is 2.50 bits per heavy atom. The van der Waals surface area contributed by atoms with E-state index in [9.17, 15) is 0 Å². The van der Waals surface area contributed by atoms with Crippen molar-refractivity contribution < 1.29 is 0 Å². The molecule has 1 saturated heterocycles. The van der Waals surface area contributed by atoms with E-state index in [1.807, 2.05) is 0 Å². The van der Waals surface area contributed by atoms with E-state index in [0.717, 1.165) is 6.54 Å². The van der Waals surface area contributed by atoms with Crippen LogP contribution in [0, 0.1) is 13.8 Å². The summed E-state index contributed by atoms with van der Waals surface area (Å²) < 4.78 is 0. The molecule has 0 spiro atoms. The zero-order chi connectivity index (χ0) is 12.8. The molecule has 1 fully saturated rings. The number of nitrogens with one attached hydrogen (secondary N) is 1. The van der Waals surface area contributed by atoms with E-state index in [0.29, 0.717) is 0 Å². The van der Waals surface area contributed by atoms with Crippen molar-refractivity contribution in [1.82, 2.24) is 4.90 Å². The highest BCUT2D eigenvalue weighted by Crippen LogP contribution is 2.16. The van der Waals surface area contributed by atoms with Crippen molar-refractivity contribution in [3.05, 3.63) is 29.3 Å². The second kappa shape index (κ2) is 6.79. The first kappa shape index (κ1) is 13.4. The maximum Gasteiger partial charge on any atom is 0.0372 e. The molecule has 0 radical (unpaired) electrons. The molecule has 1 aliphatic rings. The molecule has 0 unspecified atom stereocenters. The van der Waals surface area contributed by atoms with Crippen LogP contribution < -0.4 is 5.32 Å². The van der Waals surface area contributed by atoms with Crippen LogP contribution in [0.15, 0.2) is 18.2 Å². The van der Waals surface area contributed by atoms with Crippen LogP contribution >= 0.6 is 0 Å². The van der Waals surface area contributed by atoms with Crippen LogP contribution in [-0.2, 0) is 0 Å². The summed E-state index contributed by atoms with van der Waals surface area (Å²) in [5, 5.41) is 3.58. The fourth-order valence-electron chi connectivity index (χ4n) is 2.63. The van der Waals surface area contributed by atoms with Gasteiger partial charge in [-0.15, -0.1) is 0 Å². The van der Waals surface area contributed by atoms with Crippen molar-refractivity contribution in [3.63, 3.8) is 0 Å². The molecule has 0 bridgehead atoms. The largest absolute Gasteiger partial charge is 0.384 e. The molecular weight excluding hydrogens is 220 g/mol. The number of nitrogens with zero attached hydrogens (tertiary/aromatic N) is 1. The summed E-state index contributed by atoms with van der Waals surface area (Å²) in [6, 6.07) is 6.62.